The number of nitrogens with two attached hydrogens (primary N) is 1. The summed E-state index contributed by atoms with van der Waals surface area (Å²) in [5.41, 5.74) is 4.77. The molecule has 0 unspecified atom stereocenters. The van der Waals surface area contributed by atoms with Gasteiger partial charge in [0.2, 0.25) is 0 Å². The van der Waals surface area contributed by atoms with Crippen LogP contribution >= 0.6 is 11.6 Å². The highest BCUT2D eigenvalue weighted by Crippen LogP contribution is 2.46. The van der Waals surface area contributed by atoms with Crippen molar-refractivity contribution in [2.45, 2.75) is 44.4 Å². The van der Waals surface area contributed by atoms with E-state index in [9.17, 15) is 4.39 Å². The highest BCUT2D eigenvalue weighted by Gasteiger charge is 2.48. The SMILES string of the molecule is CCCn1ncc(Cl)c1C1(F)CC(N)C1. The Hall–Kier alpha value is -0.610. The monoisotopic (exact) mass is 231 g/mol. The molecule has 2 N–H and O–H groups in total. The minimum atomic E-state index is -1.36. The Balaban J connectivity index is 2.30. The van der Waals surface area contributed by atoms with Crippen LogP contribution in [0.3, 0.4) is 0 Å². The summed E-state index contributed by atoms with van der Waals surface area (Å²) in [6.45, 7) is 2.72. The zero-order valence-electron chi connectivity index (χ0n) is 8.71. The fourth-order valence-electron chi connectivity index (χ4n) is 2.15. The van der Waals surface area contributed by atoms with E-state index < -0.39 is 5.67 Å². The maximum absolute atomic E-state index is 14.3. The molecule has 5 heteroatoms. The van der Waals surface area contributed by atoms with E-state index in [4.69, 9.17) is 17.3 Å². The number of halogens is 2. The van der Waals surface area contributed by atoms with Crippen molar-refractivity contribution in [3.8, 4) is 0 Å². The van der Waals surface area contributed by atoms with Crippen LogP contribution < -0.4 is 5.73 Å². The molecule has 84 valence electrons. The number of aromatic nitrogens is 2. The third-order valence-corrected chi connectivity index (χ3v) is 3.10. The molecule has 1 saturated carbocycles. The lowest BCUT2D eigenvalue weighted by atomic mass is 9.75. The van der Waals surface area contributed by atoms with Crippen LogP contribution in [-0.4, -0.2) is 15.8 Å². The summed E-state index contributed by atoms with van der Waals surface area (Å²) in [7, 11) is 0. The van der Waals surface area contributed by atoms with Gasteiger partial charge in [0.1, 0.15) is 0 Å². The van der Waals surface area contributed by atoms with Crippen molar-refractivity contribution in [2.75, 3.05) is 0 Å². The van der Waals surface area contributed by atoms with Crippen LogP contribution in [0, 0.1) is 0 Å². The van der Waals surface area contributed by atoms with Gasteiger partial charge in [-0.1, -0.05) is 18.5 Å². The Morgan fingerprint density at radius 3 is 2.93 bits per heavy atom. The quantitative estimate of drug-likeness (QED) is 0.867. The predicted octanol–water partition coefficient (Wildman–Crippen LogP) is 2.23. The van der Waals surface area contributed by atoms with E-state index in [2.05, 4.69) is 5.10 Å². The zero-order valence-corrected chi connectivity index (χ0v) is 9.47. The van der Waals surface area contributed by atoms with Gasteiger partial charge in [-0.3, -0.25) is 4.68 Å². The zero-order chi connectivity index (χ0) is 11.1. The minimum Gasteiger partial charge on any atom is -0.327 e. The molecule has 3 nitrogen and oxygen atoms in total. The van der Waals surface area contributed by atoms with E-state index >= 15 is 0 Å². The van der Waals surface area contributed by atoms with Gasteiger partial charge < -0.3 is 5.73 Å². The summed E-state index contributed by atoms with van der Waals surface area (Å²) in [6, 6.07) is -0.0453. The van der Waals surface area contributed by atoms with E-state index in [-0.39, 0.29) is 6.04 Å². The van der Waals surface area contributed by atoms with E-state index in [0.29, 0.717) is 30.1 Å². The summed E-state index contributed by atoms with van der Waals surface area (Å²) < 4.78 is 16.0. The Bertz CT molecular complexity index is 358. The van der Waals surface area contributed by atoms with Gasteiger partial charge in [-0.25, -0.2) is 4.39 Å². The van der Waals surface area contributed by atoms with Crippen LogP contribution in [-0.2, 0) is 12.2 Å². The normalized spacial score (nSPS) is 30.3. The van der Waals surface area contributed by atoms with Gasteiger partial charge in [0.05, 0.1) is 16.9 Å². The van der Waals surface area contributed by atoms with Crippen molar-refractivity contribution in [3.05, 3.63) is 16.9 Å². The molecule has 1 aliphatic carbocycles. The first-order valence-electron chi connectivity index (χ1n) is 5.23. The third-order valence-electron chi connectivity index (χ3n) is 2.83. The first-order chi connectivity index (χ1) is 7.07. The summed E-state index contributed by atoms with van der Waals surface area (Å²) >= 11 is 5.96. The molecule has 0 radical (unpaired) electrons. The van der Waals surface area contributed by atoms with Gasteiger partial charge in [-0.05, 0) is 6.42 Å². The van der Waals surface area contributed by atoms with Gasteiger partial charge in [0, 0.05) is 25.4 Å². The molecule has 0 amide bonds. The lowest BCUT2D eigenvalue weighted by Gasteiger charge is -2.39. The first-order valence-corrected chi connectivity index (χ1v) is 5.61. The van der Waals surface area contributed by atoms with Crippen LogP contribution in [0.15, 0.2) is 6.20 Å². The van der Waals surface area contributed by atoms with Crippen LogP contribution in [0.25, 0.3) is 0 Å². The van der Waals surface area contributed by atoms with E-state index in [1.165, 1.54) is 6.20 Å². The van der Waals surface area contributed by atoms with Crippen molar-refractivity contribution in [3.63, 3.8) is 0 Å². The first kappa shape index (κ1) is 10.9. The molecule has 0 bridgehead atoms. The van der Waals surface area contributed by atoms with E-state index in [1.54, 1.807) is 4.68 Å². The molecule has 1 aromatic heterocycles. The van der Waals surface area contributed by atoms with Crippen LogP contribution in [0.4, 0.5) is 4.39 Å². The molecule has 0 aromatic carbocycles. The minimum absolute atomic E-state index is 0.0453. The van der Waals surface area contributed by atoms with Gasteiger partial charge in [-0.15, -0.1) is 0 Å². The van der Waals surface area contributed by atoms with E-state index in [0.717, 1.165) is 6.42 Å². The Morgan fingerprint density at radius 1 is 1.73 bits per heavy atom. The average Bonchev–Trinajstić information content (AvgIpc) is 2.46. The lowest BCUT2D eigenvalue weighted by molar-refractivity contribution is 0.0311. The molecule has 1 fully saturated rings. The summed E-state index contributed by atoms with van der Waals surface area (Å²) in [4.78, 5) is 0. The van der Waals surface area contributed by atoms with E-state index in [1.807, 2.05) is 6.92 Å². The highest BCUT2D eigenvalue weighted by molar-refractivity contribution is 6.31. The maximum Gasteiger partial charge on any atom is 0.156 e. The van der Waals surface area contributed by atoms with Gasteiger partial charge in [0.15, 0.2) is 5.67 Å². The van der Waals surface area contributed by atoms with Crippen molar-refractivity contribution < 1.29 is 4.39 Å². The third kappa shape index (κ3) is 1.76. The molecular weight excluding hydrogens is 217 g/mol. The van der Waals surface area contributed by atoms with Gasteiger partial charge in [0.25, 0.3) is 0 Å². The molecule has 0 spiro atoms. The number of alkyl halides is 1. The average molecular weight is 232 g/mol. The Kier molecular flexibility index (Phi) is 2.73. The molecule has 15 heavy (non-hydrogen) atoms. The smallest absolute Gasteiger partial charge is 0.156 e. The molecule has 2 rings (SSSR count). The fourth-order valence-corrected chi connectivity index (χ4v) is 2.46. The summed E-state index contributed by atoms with van der Waals surface area (Å²) in [5, 5.41) is 4.50. The lowest BCUT2D eigenvalue weighted by Crippen LogP contribution is -2.47. The van der Waals surface area contributed by atoms with Crippen molar-refractivity contribution in [1.29, 1.82) is 0 Å². The summed E-state index contributed by atoms with van der Waals surface area (Å²) in [6.07, 6.45) is 3.12. The van der Waals surface area contributed by atoms with Crippen LogP contribution in [0.2, 0.25) is 5.02 Å². The van der Waals surface area contributed by atoms with Crippen molar-refractivity contribution in [1.82, 2.24) is 9.78 Å². The molecule has 0 atom stereocenters. The molecule has 1 heterocycles. The summed E-state index contributed by atoms with van der Waals surface area (Å²) in [5.74, 6) is 0. The van der Waals surface area contributed by atoms with Gasteiger partial charge >= 0.3 is 0 Å². The van der Waals surface area contributed by atoms with Crippen LogP contribution in [0.5, 0.6) is 0 Å². The second-order valence-electron chi connectivity index (χ2n) is 4.20. The number of nitrogens with zero attached hydrogens (tertiary/aromatic N) is 2. The number of hydrogen-bond donors (Lipinski definition) is 1. The molecule has 0 saturated heterocycles. The van der Waals surface area contributed by atoms with Crippen LogP contribution in [0.1, 0.15) is 31.9 Å². The standard InChI is InChI=1S/C10H15ClFN3/c1-2-3-15-9(8(11)6-14-15)10(12)4-7(13)5-10/h6-7H,2-5,13H2,1H3. The Morgan fingerprint density at radius 2 is 2.40 bits per heavy atom. The number of hydrogen-bond acceptors (Lipinski definition) is 2. The van der Waals surface area contributed by atoms with Crippen molar-refractivity contribution >= 4 is 11.6 Å². The number of aryl methyl sites for hydroxylation is 1. The second kappa shape index (κ2) is 3.76. The number of rotatable bonds is 3. The largest absolute Gasteiger partial charge is 0.327 e. The fraction of sp³-hybridized carbons (Fsp3) is 0.700. The predicted molar refractivity (Wildman–Crippen MR) is 57.5 cm³/mol. The van der Waals surface area contributed by atoms with Crippen molar-refractivity contribution in [2.24, 2.45) is 5.73 Å². The second-order valence-corrected chi connectivity index (χ2v) is 4.61. The molecule has 0 aliphatic heterocycles. The topological polar surface area (TPSA) is 43.8 Å². The Labute approximate surface area is 93.4 Å². The van der Waals surface area contributed by atoms with Gasteiger partial charge in [-0.2, -0.15) is 5.10 Å². The molecule has 1 aliphatic rings. The maximum atomic E-state index is 14.3. The highest BCUT2D eigenvalue weighted by atomic mass is 35.5. The molecular formula is C10H15ClFN3. The molecule has 1 aromatic rings.